The number of hydrogen-bond acceptors (Lipinski definition) is 7. The summed E-state index contributed by atoms with van der Waals surface area (Å²) in [6, 6.07) is 14.5. The van der Waals surface area contributed by atoms with Gasteiger partial charge in [-0.1, -0.05) is 26.8 Å². The lowest BCUT2D eigenvalue weighted by Crippen LogP contribution is -2.37. The van der Waals surface area contributed by atoms with Gasteiger partial charge in [0.15, 0.2) is 5.60 Å². The van der Waals surface area contributed by atoms with E-state index in [4.69, 9.17) is 9.47 Å². The van der Waals surface area contributed by atoms with Gasteiger partial charge in [-0.25, -0.2) is 4.79 Å². The van der Waals surface area contributed by atoms with Crippen LogP contribution in [0.1, 0.15) is 59.8 Å². The van der Waals surface area contributed by atoms with Crippen molar-refractivity contribution in [2.45, 2.75) is 43.7 Å². The first-order valence-electron chi connectivity index (χ1n) is 12.3. The van der Waals surface area contributed by atoms with Crippen molar-refractivity contribution >= 4 is 21.8 Å². The molecule has 0 amide bonds. The summed E-state index contributed by atoms with van der Waals surface area (Å²) in [5.41, 5.74) is -3.70. The number of halogens is 3. The van der Waals surface area contributed by atoms with Gasteiger partial charge in [-0.15, -0.1) is 0 Å². The molecule has 204 valence electrons. The molecule has 6 rings (SSSR count). The molecule has 3 heterocycles. The number of rotatable bonds is 3. The third-order valence-corrected chi connectivity index (χ3v) is 8.32. The van der Waals surface area contributed by atoms with Gasteiger partial charge < -0.3 is 18.6 Å². The Morgan fingerprint density at radius 2 is 1.56 bits per heavy atom. The van der Waals surface area contributed by atoms with Crippen molar-refractivity contribution in [2.75, 3.05) is 18.0 Å². The van der Waals surface area contributed by atoms with Crippen LogP contribution in [-0.2, 0) is 25.9 Å². The second-order valence-electron chi connectivity index (χ2n) is 10.8. The lowest BCUT2D eigenvalue weighted by atomic mass is 9.75. The van der Waals surface area contributed by atoms with E-state index in [1.54, 1.807) is 12.1 Å². The topological polar surface area (TPSA) is 82.1 Å². The van der Waals surface area contributed by atoms with Gasteiger partial charge in [0.05, 0.1) is 5.56 Å². The van der Waals surface area contributed by atoms with E-state index in [2.05, 4.69) is 9.08 Å². The first-order valence-corrected chi connectivity index (χ1v) is 13.7. The Kier molecular flexibility index (Phi) is 5.33. The molecule has 1 unspecified atom stereocenters. The molecule has 11 heteroatoms. The zero-order valence-electron chi connectivity index (χ0n) is 21.3. The highest BCUT2D eigenvalue weighted by Gasteiger charge is 2.54. The van der Waals surface area contributed by atoms with Crippen molar-refractivity contribution in [1.82, 2.24) is 0 Å². The molecule has 3 aliphatic heterocycles. The molecule has 0 aromatic heterocycles. The number of anilines is 1. The summed E-state index contributed by atoms with van der Waals surface area (Å²) in [5, 5.41) is 0. The van der Waals surface area contributed by atoms with Gasteiger partial charge in [-0.3, -0.25) is 0 Å². The summed E-state index contributed by atoms with van der Waals surface area (Å²) >= 11 is 0. The molecule has 0 radical (unpaired) electrons. The smallest absolute Gasteiger partial charge is 0.456 e. The van der Waals surface area contributed by atoms with Crippen LogP contribution in [-0.4, -0.2) is 33.0 Å². The molecule has 3 aromatic carbocycles. The molecule has 3 aliphatic rings. The largest absolute Gasteiger partial charge is 0.534 e. The molecular weight excluding hydrogens is 535 g/mol. The van der Waals surface area contributed by atoms with Crippen molar-refractivity contribution in [3.63, 3.8) is 0 Å². The van der Waals surface area contributed by atoms with Crippen LogP contribution in [0.25, 0.3) is 0 Å². The van der Waals surface area contributed by atoms with E-state index >= 15 is 0 Å². The quantitative estimate of drug-likeness (QED) is 0.222. The summed E-state index contributed by atoms with van der Waals surface area (Å²) in [6.07, 6.45) is 1.04. The van der Waals surface area contributed by atoms with Gasteiger partial charge >= 0.3 is 21.6 Å². The van der Waals surface area contributed by atoms with Crippen molar-refractivity contribution < 1.29 is 40.0 Å². The van der Waals surface area contributed by atoms with Gasteiger partial charge in [-0.2, -0.15) is 21.6 Å². The number of fused-ring (bicyclic) bond motifs is 6. The van der Waals surface area contributed by atoms with Crippen molar-refractivity contribution in [1.29, 1.82) is 0 Å². The monoisotopic (exact) mass is 559 g/mol. The van der Waals surface area contributed by atoms with Crippen LogP contribution >= 0.6 is 0 Å². The first kappa shape index (κ1) is 25.5. The van der Waals surface area contributed by atoms with Gasteiger partial charge in [0.2, 0.25) is 0 Å². The van der Waals surface area contributed by atoms with Gasteiger partial charge in [0, 0.05) is 47.6 Å². The number of esters is 1. The fourth-order valence-electron chi connectivity index (χ4n) is 5.15. The lowest BCUT2D eigenvalue weighted by Gasteiger charge is -2.39. The Hall–Kier alpha value is -3.73. The van der Waals surface area contributed by atoms with Crippen molar-refractivity contribution in [3.05, 3.63) is 82.4 Å². The van der Waals surface area contributed by atoms with E-state index < -0.39 is 32.9 Å². The maximum Gasteiger partial charge on any atom is 0.534 e. The van der Waals surface area contributed by atoms with Gasteiger partial charge in [-0.05, 0) is 53.8 Å². The summed E-state index contributed by atoms with van der Waals surface area (Å²) in [7, 11) is -5.91. The Labute approximate surface area is 223 Å². The van der Waals surface area contributed by atoms with Crippen LogP contribution in [0.2, 0.25) is 0 Å². The van der Waals surface area contributed by atoms with E-state index in [-0.39, 0.29) is 11.2 Å². The molecule has 0 bridgehead atoms. The summed E-state index contributed by atoms with van der Waals surface area (Å²) < 4.78 is 79.0. The minimum Gasteiger partial charge on any atom is -0.456 e. The lowest BCUT2D eigenvalue weighted by molar-refractivity contribution is -0.0500. The summed E-state index contributed by atoms with van der Waals surface area (Å²) in [5.74, 6) is -0.794. The Balaban J connectivity index is 1.57. The molecule has 3 aromatic rings. The average molecular weight is 560 g/mol. The van der Waals surface area contributed by atoms with Crippen LogP contribution in [0.5, 0.6) is 17.2 Å². The summed E-state index contributed by atoms with van der Waals surface area (Å²) in [4.78, 5) is 15.3. The molecule has 7 nitrogen and oxygen atoms in total. The SMILES string of the molecule is CC(C)(C)c1ccc2c(c1)C1(OC2=O)c2ccc(OS(=O)(=O)C(F)(F)F)cc2Oc2cc(N3CCC3)ccc21. The number of nitrogens with zero attached hydrogens (tertiary/aromatic N) is 1. The molecule has 1 fully saturated rings. The zero-order valence-corrected chi connectivity index (χ0v) is 22.1. The highest BCUT2D eigenvalue weighted by Crippen LogP contribution is 2.57. The maximum absolute atomic E-state index is 13.2. The average Bonchev–Trinajstić information content (AvgIpc) is 3.08. The summed E-state index contributed by atoms with van der Waals surface area (Å²) in [6.45, 7) is 7.83. The second-order valence-corrected chi connectivity index (χ2v) is 12.4. The van der Waals surface area contributed by atoms with Crippen LogP contribution in [0.3, 0.4) is 0 Å². The molecule has 1 atom stereocenters. The predicted molar refractivity (Wildman–Crippen MR) is 136 cm³/mol. The number of hydrogen-bond donors (Lipinski definition) is 0. The van der Waals surface area contributed by atoms with E-state index in [1.165, 1.54) is 6.07 Å². The first-order chi connectivity index (χ1) is 18.2. The molecular formula is C28H24F3NO6S. The number of ether oxygens (including phenoxy) is 2. The Morgan fingerprint density at radius 3 is 2.18 bits per heavy atom. The molecule has 1 spiro atoms. The van der Waals surface area contributed by atoms with E-state index in [9.17, 15) is 26.4 Å². The number of carbonyl (C=O) groups is 1. The van der Waals surface area contributed by atoms with Crippen molar-refractivity contribution in [2.24, 2.45) is 0 Å². The van der Waals surface area contributed by atoms with Crippen LogP contribution in [0, 0.1) is 0 Å². The minimum atomic E-state index is -5.91. The highest BCUT2D eigenvalue weighted by atomic mass is 32.2. The fourth-order valence-corrected chi connectivity index (χ4v) is 5.61. The molecule has 39 heavy (non-hydrogen) atoms. The predicted octanol–water partition coefficient (Wildman–Crippen LogP) is 5.99. The molecule has 0 saturated carbocycles. The number of benzene rings is 3. The number of carbonyl (C=O) groups excluding carboxylic acids is 1. The third kappa shape index (κ3) is 3.85. The minimum absolute atomic E-state index is 0.0138. The Morgan fingerprint density at radius 1 is 0.897 bits per heavy atom. The maximum atomic E-state index is 13.2. The Bertz CT molecular complexity index is 1640. The van der Waals surface area contributed by atoms with E-state index in [0.717, 1.165) is 42.9 Å². The fraction of sp³-hybridized carbons (Fsp3) is 0.321. The third-order valence-electron chi connectivity index (χ3n) is 7.34. The molecule has 1 saturated heterocycles. The molecule has 0 N–H and O–H groups in total. The van der Waals surface area contributed by atoms with E-state index in [1.807, 2.05) is 45.0 Å². The van der Waals surface area contributed by atoms with Crippen LogP contribution in [0.15, 0.2) is 54.6 Å². The van der Waals surface area contributed by atoms with Crippen LogP contribution < -0.4 is 13.8 Å². The van der Waals surface area contributed by atoms with Crippen molar-refractivity contribution in [3.8, 4) is 17.2 Å². The van der Waals surface area contributed by atoms with E-state index in [0.29, 0.717) is 28.0 Å². The molecule has 0 aliphatic carbocycles. The normalized spacial score (nSPS) is 19.9. The standard InChI is InChI=1S/C28H24F3NO6S/c1-26(2,3)16-5-8-19-22(13-16)27(37-25(19)33)20-9-6-17(32-11-4-12-32)14-23(20)36-24-15-18(7-10-21(24)27)38-39(34,35)28(29,30)31/h5-10,13-15H,4,11-12H2,1-3H3. The van der Waals surface area contributed by atoms with Gasteiger partial charge in [0.1, 0.15) is 17.2 Å². The second kappa shape index (κ2) is 8.14. The van der Waals surface area contributed by atoms with Crippen LogP contribution in [0.4, 0.5) is 18.9 Å². The van der Waals surface area contributed by atoms with Gasteiger partial charge in [0.25, 0.3) is 0 Å². The zero-order chi connectivity index (χ0) is 28.0. The number of alkyl halides is 3. The highest BCUT2D eigenvalue weighted by molar-refractivity contribution is 7.88.